The van der Waals surface area contributed by atoms with Crippen molar-refractivity contribution in [3.8, 4) is 0 Å². The summed E-state index contributed by atoms with van der Waals surface area (Å²) < 4.78 is 15.1. The molecule has 0 saturated heterocycles. The first-order valence-corrected chi connectivity index (χ1v) is 7.33. The molecular weight excluding hydrogens is 277 g/mol. The predicted octanol–water partition coefficient (Wildman–Crippen LogP) is 4.55. The van der Waals surface area contributed by atoms with Gasteiger partial charge in [0.2, 0.25) is 0 Å². The molecule has 1 heterocycles. The molecule has 0 spiro atoms. The third-order valence-corrected chi connectivity index (χ3v) is 3.83. The minimum atomic E-state index is -0.253. The Morgan fingerprint density at radius 2 is 1.86 bits per heavy atom. The first-order chi connectivity index (χ1) is 10.7. The molecule has 112 valence electrons. The average molecular weight is 295 g/mol. The second kappa shape index (κ2) is 6.02. The lowest BCUT2D eigenvalue weighted by Crippen LogP contribution is -1.97. The van der Waals surface area contributed by atoms with Crippen molar-refractivity contribution in [1.29, 1.82) is 0 Å². The topological polar surface area (TPSA) is 29.3 Å². The van der Waals surface area contributed by atoms with Crippen LogP contribution in [0, 0.1) is 12.7 Å². The number of nitrogens with zero attached hydrogens (tertiary/aromatic N) is 2. The quantitative estimate of drug-likeness (QED) is 0.555. The molecule has 0 bridgehead atoms. The van der Waals surface area contributed by atoms with Gasteiger partial charge in [-0.15, -0.1) is 0 Å². The number of hydrogen-bond donors (Lipinski definition) is 1. The zero-order chi connectivity index (χ0) is 15.5. The first-order valence-electron chi connectivity index (χ1n) is 7.33. The summed E-state index contributed by atoms with van der Waals surface area (Å²) >= 11 is 0. The number of hydrogen-bond acceptors (Lipinski definition) is 2. The van der Waals surface area contributed by atoms with Crippen molar-refractivity contribution in [2.45, 2.75) is 20.4 Å². The molecular formula is C18H18FN3. The monoisotopic (exact) mass is 295 g/mol. The molecule has 3 nitrogen and oxygen atoms in total. The van der Waals surface area contributed by atoms with Crippen LogP contribution in [0.25, 0.3) is 10.9 Å². The van der Waals surface area contributed by atoms with Gasteiger partial charge in [0, 0.05) is 28.7 Å². The Hall–Kier alpha value is -2.62. The number of anilines is 1. The second-order valence-electron chi connectivity index (χ2n) is 5.14. The van der Waals surface area contributed by atoms with Gasteiger partial charge >= 0.3 is 0 Å². The van der Waals surface area contributed by atoms with Crippen LogP contribution in [-0.4, -0.2) is 10.8 Å². The molecule has 0 amide bonds. The Morgan fingerprint density at radius 1 is 1.14 bits per heavy atom. The Labute approximate surface area is 129 Å². The van der Waals surface area contributed by atoms with E-state index in [2.05, 4.69) is 41.1 Å². The molecule has 0 atom stereocenters. The van der Waals surface area contributed by atoms with Crippen LogP contribution < -0.4 is 5.43 Å². The average Bonchev–Trinajstić information content (AvgIpc) is 2.81. The maximum absolute atomic E-state index is 12.9. The number of nitrogens with one attached hydrogen (secondary N) is 1. The van der Waals surface area contributed by atoms with E-state index in [1.807, 2.05) is 18.3 Å². The Morgan fingerprint density at radius 3 is 2.59 bits per heavy atom. The van der Waals surface area contributed by atoms with Gasteiger partial charge < -0.3 is 4.57 Å². The van der Waals surface area contributed by atoms with Crippen LogP contribution >= 0.6 is 0 Å². The van der Waals surface area contributed by atoms with Crippen LogP contribution in [0.1, 0.15) is 18.2 Å². The zero-order valence-electron chi connectivity index (χ0n) is 12.7. The summed E-state index contributed by atoms with van der Waals surface area (Å²) in [4.78, 5) is 0. The number of rotatable bonds is 4. The van der Waals surface area contributed by atoms with Crippen molar-refractivity contribution in [2.75, 3.05) is 5.43 Å². The fraction of sp³-hybridized carbons (Fsp3) is 0.167. The van der Waals surface area contributed by atoms with E-state index >= 15 is 0 Å². The predicted molar refractivity (Wildman–Crippen MR) is 90.0 cm³/mol. The van der Waals surface area contributed by atoms with Crippen LogP contribution in [0.5, 0.6) is 0 Å². The molecule has 3 rings (SSSR count). The van der Waals surface area contributed by atoms with Crippen LogP contribution in [0.4, 0.5) is 10.1 Å². The van der Waals surface area contributed by atoms with E-state index in [0.717, 1.165) is 17.8 Å². The third-order valence-electron chi connectivity index (χ3n) is 3.83. The van der Waals surface area contributed by atoms with E-state index in [1.54, 1.807) is 12.1 Å². The lowest BCUT2D eigenvalue weighted by Gasteiger charge is -2.03. The van der Waals surface area contributed by atoms with Crippen molar-refractivity contribution in [2.24, 2.45) is 5.10 Å². The molecule has 22 heavy (non-hydrogen) atoms. The highest BCUT2D eigenvalue weighted by Crippen LogP contribution is 2.24. The molecule has 0 aliphatic heterocycles. The largest absolute Gasteiger partial charge is 0.344 e. The highest BCUT2D eigenvalue weighted by atomic mass is 19.1. The smallest absolute Gasteiger partial charge is 0.123 e. The number of fused-ring (bicyclic) bond motifs is 1. The highest BCUT2D eigenvalue weighted by molar-refractivity contribution is 6.01. The first kappa shape index (κ1) is 14.3. The molecule has 0 unspecified atom stereocenters. The summed E-state index contributed by atoms with van der Waals surface area (Å²) in [5, 5.41) is 5.48. The maximum Gasteiger partial charge on any atom is 0.123 e. The van der Waals surface area contributed by atoms with Gasteiger partial charge in [0.05, 0.1) is 11.9 Å². The Bertz CT molecular complexity index is 816. The summed E-state index contributed by atoms with van der Waals surface area (Å²) in [5.74, 6) is -0.253. The van der Waals surface area contributed by atoms with E-state index in [9.17, 15) is 4.39 Å². The van der Waals surface area contributed by atoms with Crippen molar-refractivity contribution < 1.29 is 4.39 Å². The Kier molecular flexibility index (Phi) is 3.92. The van der Waals surface area contributed by atoms with E-state index in [0.29, 0.717) is 0 Å². The number of benzene rings is 2. The molecule has 0 saturated carbocycles. The maximum atomic E-state index is 12.9. The summed E-state index contributed by atoms with van der Waals surface area (Å²) in [6.07, 6.45) is 1.83. The van der Waals surface area contributed by atoms with Gasteiger partial charge in [0.25, 0.3) is 0 Å². The number of hydrazone groups is 1. The molecule has 0 fully saturated rings. The fourth-order valence-corrected chi connectivity index (χ4v) is 2.72. The molecule has 4 heteroatoms. The van der Waals surface area contributed by atoms with Gasteiger partial charge in [0.15, 0.2) is 0 Å². The van der Waals surface area contributed by atoms with E-state index in [1.165, 1.54) is 28.7 Å². The van der Waals surface area contributed by atoms with Crippen molar-refractivity contribution in [3.63, 3.8) is 0 Å². The molecule has 3 aromatic rings. The number of halogens is 1. The molecule has 2 aromatic carbocycles. The minimum absolute atomic E-state index is 0.253. The van der Waals surface area contributed by atoms with Gasteiger partial charge in [-0.05, 0) is 44.2 Å². The van der Waals surface area contributed by atoms with Crippen molar-refractivity contribution in [3.05, 3.63) is 65.6 Å². The normalized spacial score (nSPS) is 11.4. The SMILES string of the molecule is CCn1c(C)c(/C=N/Nc2ccc(F)cc2)c2ccccc21. The lowest BCUT2D eigenvalue weighted by atomic mass is 10.1. The van der Waals surface area contributed by atoms with Gasteiger partial charge in [-0.2, -0.15) is 5.10 Å². The lowest BCUT2D eigenvalue weighted by molar-refractivity contribution is 0.628. The van der Waals surface area contributed by atoms with Crippen molar-refractivity contribution >= 4 is 22.8 Å². The van der Waals surface area contributed by atoms with Gasteiger partial charge in [-0.3, -0.25) is 5.43 Å². The summed E-state index contributed by atoms with van der Waals surface area (Å²) in [5.41, 5.74) is 7.20. The van der Waals surface area contributed by atoms with Crippen LogP contribution in [-0.2, 0) is 6.54 Å². The molecule has 0 aliphatic rings. The van der Waals surface area contributed by atoms with Crippen molar-refractivity contribution in [1.82, 2.24) is 4.57 Å². The summed E-state index contributed by atoms with van der Waals surface area (Å²) in [6.45, 7) is 5.16. The van der Waals surface area contributed by atoms with Gasteiger partial charge in [-0.25, -0.2) is 4.39 Å². The van der Waals surface area contributed by atoms with Crippen LogP contribution in [0.2, 0.25) is 0 Å². The van der Waals surface area contributed by atoms with Gasteiger partial charge in [0.1, 0.15) is 5.82 Å². The highest BCUT2D eigenvalue weighted by Gasteiger charge is 2.10. The second-order valence-corrected chi connectivity index (χ2v) is 5.14. The molecule has 1 aromatic heterocycles. The summed E-state index contributed by atoms with van der Waals surface area (Å²) in [6, 6.07) is 14.4. The van der Waals surface area contributed by atoms with Crippen LogP contribution in [0.15, 0.2) is 53.6 Å². The van der Waals surface area contributed by atoms with E-state index in [-0.39, 0.29) is 5.82 Å². The molecule has 0 aliphatic carbocycles. The zero-order valence-corrected chi connectivity index (χ0v) is 12.7. The summed E-state index contributed by atoms with van der Waals surface area (Å²) in [7, 11) is 0. The standard InChI is InChI=1S/C18H18FN3/c1-3-22-13(2)17(16-6-4-5-7-18(16)22)12-20-21-15-10-8-14(19)9-11-15/h4-12,21H,3H2,1-2H3/b20-12+. The number of para-hydroxylation sites is 1. The van der Waals surface area contributed by atoms with Gasteiger partial charge in [-0.1, -0.05) is 18.2 Å². The third kappa shape index (κ3) is 2.60. The van der Waals surface area contributed by atoms with E-state index in [4.69, 9.17) is 0 Å². The minimum Gasteiger partial charge on any atom is -0.344 e. The fourth-order valence-electron chi connectivity index (χ4n) is 2.72. The number of aromatic nitrogens is 1. The number of aryl methyl sites for hydroxylation is 1. The molecule has 0 radical (unpaired) electrons. The van der Waals surface area contributed by atoms with Crippen LogP contribution in [0.3, 0.4) is 0 Å². The van der Waals surface area contributed by atoms with E-state index < -0.39 is 0 Å². The molecule has 1 N–H and O–H groups in total. The Balaban J connectivity index is 1.91.